The molecule has 0 N–H and O–H groups in total. The fourth-order valence-electron chi connectivity index (χ4n) is 6.25. The minimum absolute atomic E-state index is 0.701. The Morgan fingerprint density at radius 3 is 1.81 bits per heavy atom. The summed E-state index contributed by atoms with van der Waals surface area (Å²) in [4.78, 5) is 15.0. The fraction of sp³-hybridized carbons (Fsp3) is 0. The molecular weight excluding hydrogens is 578 g/mol. The summed E-state index contributed by atoms with van der Waals surface area (Å²) in [5.41, 5.74) is 11.3. The number of nitrogens with zero attached hydrogens (tertiary/aromatic N) is 5. The summed E-state index contributed by atoms with van der Waals surface area (Å²) in [6.45, 7) is 0. The van der Waals surface area contributed by atoms with E-state index in [1.807, 2.05) is 72.8 Å². The van der Waals surface area contributed by atoms with Crippen LogP contribution in [0.1, 0.15) is 0 Å². The molecule has 47 heavy (non-hydrogen) atoms. The van der Waals surface area contributed by atoms with Gasteiger partial charge in [0.05, 0.1) is 22.6 Å². The molecule has 6 nitrogen and oxygen atoms in total. The molecule has 0 aliphatic heterocycles. The Balaban J connectivity index is 1.12. The van der Waals surface area contributed by atoms with Crippen molar-refractivity contribution in [1.29, 1.82) is 0 Å². The molecular formula is C41H25N5O. The number of aromatic nitrogens is 5. The molecule has 0 fully saturated rings. The highest BCUT2D eigenvalue weighted by Crippen LogP contribution is 2.37. The lowest BCUT2D eigenvalue weighted by molar-refractivity contribution is 0.316. The Kier molecular flexibility index (Phi) is 6.35. The molecule has 6 heteroatoms. The number of fused-ring (bicyclic) bond motifs is 5. The minimum Gasteiger partial charge on any atom is -0.247 e. The predicted octanol–water partition coefficient (Wildman–Crippen LogP) is 10.0. The predicted molar refractivity (Wildman–Crippen MR) is 187 cm³/mol. The number of hydrogen-bond donors (Lipinski definition) is 0. The SMILES string of the molecule is c1ccc(-c2cc(-c3ccc(-c4cccc(-c5nc6ccccc6c6c5ccc5nonc56)c4)cc3)nc(-c3ccccc3)n2)cc1. The highest BCUT2D eigenvalue weighted by molar-refractivity contribution is 6.20. The summed E-state index contributed by atoms with van der Waals surface area (Å²) in [7, 11) is 0. The van der Waals surface area contributed by atoms with Gasteiger partial charge < -0.3 is 0 Å². The van der Waals surface area contributed by atoms with Crippen LogP contribution in [0, 0.1) is 0 Å². The second kappa shape index (κ2) is 11.1. The van der Waals surface area contributed by atoms with E-state index in [2.05, 4.69) is 89.2 Å². The molecule has 0 amide bonds. The van der Waals surface area contributed by atoms with Gasteiger partial charge in [-0.1, -0.05) is 121 Å². The van der Waals surface area contributed by atoms with Crippen molar-refractivity contribution in [3.63, 3.8) is 0 Å². The normalized spacial score (nSPS) is 11.4. The Bertz CT molecular complexity index is 2500. The van der Waals surface area contributed by atoms with Gasteiger partial charge in [-0.15, -0.1) is 0 Å². The summed E-state index contributed by atoms with van der Waals surface area (Å²) in [5, 5.41) is 11.4. The number of rotatable bonds is 5. The molecule has 0 saturated heterocycles. The van der Waals surface area contributed by atoms with Crippen molar-refractivity contribution >= 4 is 32.7 Å². The van der Waals surface area contributed by atoms with Crippen LogP contribution >= 0.6 is 0 Å². The van der Waals surface area contributed by atoms with E-state index in [9.17, 15) is 0 Å². The molecule has 9 rings (SSSR count). The van der Waals surface area contributed by atoms with Crippen LogP contribution in [0.25, 0.3) is 89.0 Å². The molecule has 0 unspecified atom stereocenters. The second-order valence-electron chi connectivity index (χ2n) is 11.4. The molecule has 0 bridgehead atoms. The third-order valence-corrected chi connectivity index (χ3v) is 8.57. The zero-order chi connectivity index (χ0) is 31.2. The standard InChI is InChI=1S/C41H25N5O/c1-3-10-27(11-4-1)36-25-37(44-41(43-36)29-12-5-2-6-13-29)28-20-18-26(19-21-28)30-14-9-15-31(24-30)39-33-22-23-35-40(46-47-45-35)38(33)32-16-7-8-17-34(32)42-39/h1-25H. The zero-order valence-corrected chi connectivity index (χ0v) is 25.1. The number of para-hydroxylation sites is 1. The van der Waals surface area contributed by atoms with Crippen molar-refractivity contribution in [2.24, 2.45) is 0 Å². The second-order valence-corrected chi connectivity index (χ2v) is 11.4. The summed E-state index contributed by atoms with van der Waals surface area (Å²) in [6.07, 6.45) is 0. The monoisotopic (exact) mass is 603 g/mol. The van der Waals surface area contributed by atoms with Crippen LogP contribution in [0.4, 0.5) is 0 Å². The zero-order valence-electron chi connectivity index (χ0n) is 25.1. The van der Waals surface area contributed by atoms with Gasteiger partial charge in [-0.05, 0) is 51.8 Å². The number of hydrogen-bond acceptors (Lipinski definition) is 6. The van der Waals surface area contributed by atoms with Crippen LogP contribution in [-0.4, -0.2) is 25.3 Å². The molecule has 220 valence electrons. The lowest BCUT2D eigenvalue weighted by Crippen LogP contribution is -1.95. The minimum atomic E-state index is 0.701. The summed E-state index contributed by atoms with van der Waals surface area (Å²) in [5.74, 6) is 0.701. The lowest BCUT2D eigenvalue weighted by Gasteiger charge is -2.12. The van der Waals surface area contributed by atoms with Crippen LogP contribution in [0.15, 0.2) is 156 Å². The van der Waals surface area contributed by atoms with Crippen LogP contribution in [0.3, 0.4) is 0 Å². The largest absolute Gasteiger partial charge is 0.247 e. The fourth-order valence-corrected chi connectivity index (χ4v) is 6.25. The van der Waals surface area contributed by atoms with Gasteiger partial charge in [0.15, 0.2) is 5.82 Å². The molecule has 0 atom stereocenters. The van der Waals surface area contributed by atoms with Gasteiger partial charge in [0.2, 0.25) is 0 Å². The highest BCUT2D eigenvalue weighted by Gasteiger charge is 2.16. The first-order valence-electron chi connectivity index (χ1n) is 15.4. The molecule has 0 saturated carbocycles. The van der Waals surface area contributed by atoms with Crippen molar-refractivity contribution in [1.82, 2.24) is 25.3 Å². The van der Waals surface area contributed by atoms with Crippen LogP contribution in [0.2, 0.25) is 0 Å². The first-order chi connectivity index (χ1) is 23.3. The van der Waals surface area contributed by atoms with Gasteiger partial charge in [0, 0.05) is 38.4 Å². The maximum absolute atomic E-state index is 5.13. The summed E-state index contributed by atoms with van der Waals surface area (Å²) < 4.78 is 5.12. The van der Waals surface area contributed by atoms with Gasteiger partial charge in [0.1, 0.15) is 11.0 Å². The van der Waals surface area contributed by atoms with Gasteiger partial charge in [-0.25, -0.2) is 19.6 Å². The average molecular weight is 604 g/mol. The van der Waals surface area contributed by atoms with Gasteiger partial charge >= 0.3 is 0 Å². The van der Waals surface area contributed by atoms with Crippen molar-refractivity contribution in [3.8, 4) is 56.3 Å². The molecule has 9 aromatic rings. The van der Waals surface area contributed by atoms with E-state index in [1.165, 1.54) is 0 Å². The third kappa shape index (κ3) is 4.80. The van der Waals surface area contributed by atoms with Crippen LogP contribution < -0.4 is 0 Å². The Labute approximate surface area is 270 Å². The van der Waals surface area contributed by atoms with E-state index in [0.717, 1.165) is 83.2 Å². The quantitative estimate of drug-likeness (QED) is 0.182. The number of pyridine rings is 1. The molecule has 0 aliphatic carbocycles. The van der Waals surface area contributed by atoms with Crippen LogP contribution in [0.5, 0.6) is 0 Å². The molecule has 0 spiro atoms. The summed E-state index contributed by atoms with van der Waals surface area (Å²) in [6, 6.07) is 51.6. The lowest BCUT2D eigenvalue weighted by atomic mass is 9.96. The molecule has 0 aliphatic rings. The Hall–Kier alpha value is -6.53. The maximum atomic E-state index is 5.13. The first-order valence-corrected chi connectivity index (χ1v) is 15.4. The smallest absolute Gasteiger partial charge is 0.160 e. The molecule has 0 radical (unpaired) electrons. The molecule has 3 aromatic heterocycles. The average Bonchev–Trinajstić information content (AvgIpc) is 3.65. The topological polar surface area (TPSA) is 77.6 Å². The van der Waals surface area contributed by atoms with Gasteiger partial charge in [-0.3, -0.25) is 0 Å². The van der Waals surface area contributed by atoms with Crippen molar-refractivity contribution in [3.05, 3.63) is 152 Å². The number of benzene rings is 6. The van der Waals surface area contributed by atoms with E-state index in [4.69, 9.17) is 19.6 Å². The van der Waals surface area contributed by atoms with E-state index < -0.39 is 0 Å². The van der Waals surface area contributed by atoms with Gasteiger partial charge in [0.25, 0.3) is 0 Å². The van der Waals surface area contributed by atoms with Gasteiger partial charge in [-0.2, -0.15) is 0 Å². The van der Waals surface area contributed by atoms with E-state index in [1.54, 1.807) is 0 Å². The van der Waals surface area contributed by atoms with Crippen molar-refractivity contribution in [2.75, 3.05) is 0 Å². The van der Waals surface area contributed by atoms with E-state index in [-0.39, 0.29) is 0 Å². The van der Waals surface area contributed by atoms with Crippen molar-refractivity contribution < 1.29 is 4.63 Å². The Morgan fingerprint density at radius 2 is 1.02 bits per heavy atom. The third-order valence-electron chi connectivity index (χ3n) is 8.57. The Morgan fingerprint density at radius 1 is 0.383 bits per heavy atom. The molecule has 3 heterocycles. The van der Waals surface area contributed by atoms with Crippen molar-refractivity contribution in [2.45, 2.75) is 0 Å². The van der Waals surface area contributed by atoms with Crippen LogP contribution in [-0.2, 0) is 0 Å². The van der Waals surface area contributed by atoms with E-state index >= 15 is 0 Å². The molecule has 6 aromatic carbocycles. The summed E-state index contributed by atoms with van der Waals surface area (Å²) >= 11 is 0. The van der Waals surface area contributed by atoms with E-state index in [0.29, 0.717) is 5.82 Å². The highest BCUT2D eigenvalue weighted by atomic mass is 16.6. The first kappa shape index (κ1) is 26.8. The maximum Gasteiger partial charge on any atom is 0.160 e.